The van der Waals surface area contributed by atoms with E-state index in [0.717, 1.165) is 159 Å². The van der Waals surface area contributed by atoms with E-state index in [1.807, 2.05) is 22.2 Å². The third-order valence-electron chi connectivity index (χ3n) is 17.9. The number of rotatable bonds is 53. The Morgan fingerprint density at radius 3 is 1.64 bits per heavy atom. The Labute approximate surface area is 567 Å². The number of piperazine rings is 2. The molecule has 27 heteroatoms. The molecule has 2 aliphatic rings. The normalized spacial score (nSPS) is 14.7. The van der Waals surface area contributed by atoms with Gasteiger partial charge in [-0.2, -0.15) is 15.0 Å². The molecule has 2 fully saturated rings. The number of aliphatic imine (C=N–C) groups is 1. The SMILES string of the molecule is C#CCOCCOCCOCCNc1nc(N2CCN(C(=O)CCCCCCCCCCNC(=O)[C@H](CCCN=C(N)N)n3cc(C[C@@H](C)CC)nn3)CC2)nc(N2CCN(C(=O)CCCCCCCCCCNC(=O)[C@@H]([C@H](C)CC)n3cc(CCCCCN)nn3)CC2)n1. The molecule has 0 aromatic carbocycles. The van der Waals surface area contributed by atoms with Crippen LogP contribution in [0, 0.1) is 24.2 Å². The largest absolute Gasteiger partial charge is 0.377 e. The fourth-order valence-electron chi connectivity index (χ4n) is 11.7. The van der Waals surface area contributed by atoms with Crippen LogP contribution >= 0.6 is 0 Å². The molecule has 0 bridgehead atoms. The molecule has 3 aromatic rings. The zero-order valence-electron chi connectivity index (χ0n) is 58.4. The number of carbonyl (C=O) groups excluding carboxylic acids is 4. The summed E-state index contributed by atoms with van der Waals surface area (Å²) in [7, 11) is 0. The standard InChI is InChI=1S/C68H120N20O7/c1-6-46-93-48-50-95-51-49-94-47-37-75-66-76-67(85-42-38-83(39-43-85)60(89)31-23-17-13-9-11-15-19-26-34-72-63(91)59(30-28-36-74-65(70)71)87-54-58(80-81-87)52-55(4)7-2)78-68(77-66)86-44-40-84(41-45-86)61(90)32-24-18-14-10-12-16-20-27-35-73-64(92)62(56(5)8-3)88-53-57(79-82-88)29-22-21-25-33-69/h1,53-56,59,62H,7-52,69H2,2-5H3,(H,72,91)(H,73,92)(H4,70,71,74)(H,75,76,77,78)/t55-,56+,59-,62+/m0/s1. The summed E-state index contributed by atoms with van der Waals surface area (Å²) in [4.78, 5) is 80.5. The lowest BCUT2D eigenvalue weighted by atomic mass is 9.98. The van der Waals surface area contributed by atoms with Crippen molar-refractivity contribution in [2.45, 2.75) is 213 Å². The van der Waals surface area contributed by atoms with Crippen LogP contribution < -0.4 is 43.0 Å². The van der Waals surface area contributed by atoms with Crippen LogP contribution in [-0.2, 0) is 46.2 Å². The van der Waals surface area contributed by atoms with Crippen LogP contribution in [0.25, 0.3) is 0 Å². The average molecular weight is 1330 g/mol. The Kier molecular flexibility index (Phi) is 39.9. The maximum atomic E-state index is 13.4. The van der Waals surface area contributed by atoms with Gasteiger partial charge in [0.2, 0.25) is 41.5 Å². The fraction of sp³-hybridized carbons (Fsp3) is 0.794. The van der Waals surface area contributed by atoms with Gasteiger partial charge in [0.15, 0.2) is 5.96 Å². The monoisotopic (exact) mass is 1330 g/mol. The van der Waals surface area contributed by atoms with Crippen LogP contribution in [0.15, 0.2) is 17.4 Å². The first-order valence-electron chi connectivity index (χ1n) is 36.2. The van der Waals surface area contributed by atoms with E-state index in [9.17, 15) is 19.2 Å². The number of ether oxygens (including phenoxy) is 3. The molecular weight excluding hydrogens is 1210 g/mol. The molecule has 95 heavy (non-hydrogen) atoms. The van der Waals surface area contributed by atoms with E-state index < -0.39 is 6.04 Å². The molecule has 5 heterocycles. The zero-order valence-corrected chi connectivity index (χ0v) is 58.4. The van der Waals surface area contributed by atoms with Crippen LogP contribution in [0.2, 0.25) is 0 Å². The quantitative estimate of drug-likeness (QED) is 0.0151. The Bertz CT molecular complexity index is 2650. The van der Waals surface area contributed by atoms with Crippen molar-refractivity contribution in [3.05, 3.63) is 23.8 Å². The number of aromatic nitrogens is 9. The minimum Gasteiger partial charge on any atom is -0.377 e. The molecule has 9 N–H and O–H groups in total. The second-order valence-electron chi connectivity index (χ2n) is 25.6. The van der Waals surface area contributed by atoms with Gasteiger partial charge in [0.1, 0.15) is 18.7 Å². The lowest BCUT2D eigenvalue weighted by molar-refractivity contribution is -0.132. The van der Waals surface area contributed by atoms with Gasteiger partial charge in [-0.1, -0.05) is 140 Å². The van der Waals surface area contributed by atoms with Crippen molar-refractivity contribution >= 4 is 47.4 Å². The highest BCUT2D eigenvalue weighted by Gasteiger charge is 2.29. The van der Waals surface area contributed by atoms with Gasteiger partial charge < -0.3 is 67.0 Å². The van der Waals surface area contributed by atoms with E-state index in [-0.39, 0.29) is 48.2 Å². The van der Waals surface area contributed by atoms with Crippen molar-refractivity contribution in [1.82, 2.24) is 65.4 Å². The predicted molar refractivity (Wildman–Crippen MR) is 374 cm³/mol. The second-order valence-corrected chi connectivity index (χ2v) is 25.6. The first-order valence-corrected chi connectivity index (χ1v) is 36.2. The summed E-state index contributed by atoms with van der Waals surface area (Å²) in [6, 6.07) is -0.839. The Balaban J connectivity index is 0.960. The molecule has 3 aromatic heterocycles. The lowest BCUT2D eigenvalue weighted by Gasteiger charge is -2.36. The average Bonchev–Trinajstić information content (AvgIpc) is 1.25. The molecule has 0 spiro atoms. The van der Waals surface area contributed by atoms with Crippen molar-refractivity contribution in [2.75, 3.05) is 140 Å². The first-order chi connectivity index (χ1) is 46.3. The number of aryl methyl sites for hydroxylation is 1. The van der Waals surface area contributed by atoms with Gasteiger partial charge in [-0.05, 0) is 82.6 Å². The van der Waals surface area contributed by atoms with Gasteiger partial charge in [-0.15, -0.1) is 16.6 Å². The molecule has 0 aliphatic carbocycles. The Hall–Kier alpha value is -6.76. The third kappa shape index (κ3) is 31.8. The number of carbonyl (C=O) groups is 4. The number of nitrogens with two attached hydrogens (primary N) is 3. The van der Waals surface area contributed by atoms with Gasteiger partial charge >= 0.3 is 0 Å². The molecule has 2 saturated heterocycles. The number of hydrogen-bond acceptors (Lipinski definition) is 19. The van der Waals surface area contributed by atoms with Crippen LogP contribution in [0.5, 0.6) is 0 Å². The molecule has 5 rings (SSSR count). The fourth-order valence-corrected chi connectivity index (χ4v) is 11.7. The van der Waals surface area contributed by atoms with E-state index in [1.165, 1.54) is 0 Å². The summed E-state index contributed by atoms with van der Waals surface area (Å²) in [6.07, 6.45) is 34.7. The third-order valence-corrected chi connectivity index (χ3v) is 17.9. The van der Waals surface area contributed by atoms with Gasteiger partial charge in [-0.3, -0.25) is 24.2 Å². The summed E-state index contributed by atoms with van der Waals surface area (Å²) < 4.78 is 20.1. The lowest BCUT2D eigenvalue weighted by Crippen LogP contribution is -2.50. The van der Waals surface area contributed by atoms with Crippen molar-refractivity contribution in [2.24, 2.45) is 34.0 Å². The minimum atomic E-state index is -0.473. The predicted octanol–water partition coefficient (Wildman–Crippen LogP) is 6.54. The highest BCUT2D eigenvalue weighted by atomic mass is 16.5. The minimum absolute atomic E-state index is 0.0111. The van der Waals surface area contributed by atoms with Crippen LogP contribution in [0.3, 0.4) is 0 Å². The van der Waals surface area contributed by atoms with Crippen LogP contribution in [0.1, 0.15) is 212 Å². The summed E-state index contributed by atoms with van der Waals surface area (Å²) in [5.74, 6) is 5.00. The molecular formula is C68H120N20O7. The van der Waals surface area contributed by atoms with Gasteiger partial charge in [-0.25, -0.2) is 9.36 Å². The van der Waals surface area contributed by atoms with E-state index in [0.29, 0.717) is 168 Å². The van der Waals surface area contributed by atoms with E-state index in [4.69, 9.17) is 52.8 Å². The molecule has 4 amide bonds. The van der Waals surface area contributed by atoms with E-state index >= 15 is 0 Å². The topological polar surface area (TPSA) is 336 Å². The number of nitrogens with zero attached hydrogens (tertiary/aromatic N) is 14. The molecule has 4 atom stereocenters. The molecule has 534 valence electrons. The number of hydrogen-bond donors (Lipinski definition) is 6. The molecule has 0 radical (unpaired) electrons. The van der Waals surface area contributed by atoms with Crippen molar-refractivity contribution in [1.29, 1.82) is 0 Å². The van der Waals surface area contributed by atoms with E-state index in [1.54, 1.807) is 9.36 Å². The Morgan fingerprint density at radius 1 is 0.589 bits per heavy atom. The number of guanidine groups is 1. The first kappa shape index (κ1) is 78.9. The van der Waals surface area contributed by atoms with Gasteiger partial charge in [0.25, 0.3) is 0 Å². The highest BCUT2D eigenvalue weighted by molar-refractivity contribution is 5.81. The summed E-state index contributed by atoms with van der Waals surface area (Å²) in [5, 5.41) is 27.0. The molecule has 0 saturated carbocycles. The van der Waals surface area contributed by atoms with Crippen molar-refractivity contribution < 1.29 is 33.4 Å². The van der Waals surface area contributed by atoms with Crippen LogP contribution in [0.4, 0.5) is 17.8 Å². The Morgan fingerprint density at radius 2 is 1.09 bits per heavy atom. The van der Waals surface area contributed by atoms with Gasteiger partial charge in [0.05, 0.1) is 44.4 Å². The smallest absolute Gasteiger partial charge is 0.245 e. The maximum Gasteiger partial charge on any atom is 0.245 e. The summed E-state index contributed by atoms with van der Waals surface area (Å²) in [6.45, 7) is 18.6. The second kappa shape index (κ2) is 48.0. The summed E-state index contributed by atoms with van der Waals surface area (Å²) in [5.41, 5.74) is 18.5. The molecule has 2 aliphatic heterocycles. The molecule has 0 unspecified atom stereocenters. The number of anilines is 3. The van der Waals surface area contributed by atoms with Crippen molar-refractivity contribution in [3.63, 3.8) is 0 Å². The van der Waals surface area contributed by atoms with Crippen molar-refractivity contribution in [3.8, 4) is 12.3 Å². The van der Waals surface area contributed by atoms with Crippen LogP contribution in [-0.4, -0.2) is 209 Å². The summed E-state index contributed by atoms with van der Waals surface area (Å²) >= 11 is 0. The highest BCUT2D eigenvalue weighted by Crippen LogP contribution is 2.24. The number of amides is 4. The maximum absolute atomic E-state index is 13.4. The number of nitrogens with one attached hydrogen (secondary N) is 3. The van der Waals surface area contributed by atoms with E-state index in [2.05, 4.69) is 85.0 Å². The number of unbranched alkanes of at least 4 members (excludes halogenated alkanes) is 16. The molecule has 27 nitrogen and oxygen atoms in total. The number of terminal acetylenes is 1. The van der Waals surface area contributed by atoms with Gasteiger partial charge in [0, 0.05) is 104 Å². The zero-order chi connectivity index (χ0) is 68.1.